The van der Waals surface area contributed by atoms with Crippen molar-refractivity contribution < 1.29 is 18.7 Å². The number of halogens is 2. The van der Waals surface area contributed by atoms with Crippen molar-refractivity contribution in [3.05, 3.63) is 51.4 Å². The van der Waals surface area contributed by atoms with E-state index < -0.39 is 17.6 Å². The molecule has 2 amide bonds. The SMILES string of the molecule is O=C(NCC1(c2ccsc2)CCOCC1)C(=O)Nc1ccc(F)c(Cl)c1. The lowest BCUT2D eigenvalue weighted by Gasteiger charge is -2.37. The highest BCUT2D eigenvalue weighted by atomic mass is 35.5. The van der Waals surface area contributed by atoms with Crippen molar-refractivity contribution in [1.29, 1.82) is 0 Å². The fourth-order valence-electron chi connectivity index (χ4n) is 2.99. The Morgan fingerprint density at radius 1 is 1.23 bits per heavy atom. The Bertz CT molecular complexity index is 792. The molecular weight excluding hydrogens is 379 g/mol. The number of hydrogen-bond acceptors (Lipinski definition) is 4. The van der Waals surface area contributed by atoms with Gasteiger partial charge in [0.05, 0.1) is 5.02 Å². The van der Waals surface area contributed by atoms with Crippen molar-refractivity contribution in [2.45, 2.75) is 18.3 Å². The first-order valence-corrected chi connectivity index (χ1v) is 9.47. The van der Waals surface area contributed by atoms with E-state index in [1.807, 2.05) is 11.4 Å². The van der Waals surface area contributed by atoms with E-state index in [9.17, 15) is 14.0 Å². The maximum absolute atomic E-state index is 13.2. The molecule has 1 saturated heterocycles. The Morgan fingerprint density at radius 3 is 2.65 bits per heavy atom. The average molecular weight is 397 g/mol. The van der Waals surface area contributed by atoms with E-state index in [1.165, 1.54) is 12.1 Å². The van der Waals surface area contributed by atoms with E-state index in [0.29, 0.717) is 19.8 Å². The molecule has 0 bridgehead atoms. The number of benzene rings is 1. The van der Waals surface area contributed by atoms with Gasteiger partial charge in [-0.15, -0.1) is 0 Å². The average Bonchev–Trinajstić information content (AvgIpc) is 3.19. The normalized spacial score (nSPS) is 16.1. The first-order chi connectivity index (χ1) is 12.5. The monoisotopic (exact) mass is 396 g/mol. The number of rotatable bonds is 4. The first kappa shape index (κ1) is 18.8. The number of amides is 2. The van der Waals surface area contributed by atoms with Crippen LogP contribution in [0.25, 0.3) is 0 Å². The van der Waals surface area contributed by atoms with Gasteiger partial charge in [-0.25, -0.2) is 4.39 Å². The van der Waals surface area contributed by atoms with Gasteiger partial charge in [0.1, 0.15) is 5.82 Å². The topological polar surface area (TPSA) is 67.4 Å². The molecule has 2 aromatic rings. The third kappa shape index (κ3) is 4.23. The fraction of sp³-hybridized carbons (Fsp3) is 0.333. The standard InChI is InChI=1S/C18H18ClFN2O3S/c19-14-9-13(1-2-15(14)20)22-17(24)16(23)21-11-18(4-6-25-7-5-18)12-3-8-26-10-12/h1-3,8-10H,4-7,11H2,(H,21,23)(H,22,24). The van der Waals surface area contributed by atoms with Crippen LogP contribution in [0.15, 0.2) is 35.0 Å². The van der Waals surface area contributed by atoms with Crippen LogP contribution in [0.2, 0.25) is 5.02 Å². The van der Waals surface area contributed by atoms with Crippen LogP contribution in [0.5, 0.6) is 0 Å². The van der Waals surface area contributed by atoms with Crippen molar-refractivity contribution in [1.82, 2.24) is 5.32 Å². The van der Waals surface area contributed by atoms with Crippen LogP contribution in [-0.2, 0) is 19.7 Å². The third-order valence-corrected chi connectivity index (χ3v) is 5.53. The molecule has 138 valence electrons. The molecule has 0 spiro atoms. The maximum Gasteiger partial charge on any atom is 0.313 e. The number of nitrogens with one attached hydrogen (secondary N) is 2. The molecule has 8 heteroatoms. The van der Waals surface area contributed by atoms with Crippen LogP contribution in [0, 0.1) is 5.82 Å². The van der Waals surface area contributed by atoms with Crippen molar-refractivity contribution in [2.75, 3.05) is 25.1 Å². The van der Waals surface area contributed by atoms with Gasteiger partial charge >= 0.3 is 11.8 Å². The summed E-state index contributed by atoms with van der Waals surface area (Å²) >= 11 is 7.28. The molecule has 0 radical (unpaired) electrons. The van der Waals surface area contributed by atoms with E-state index in [0.717, 1.165) is 24.5 Å². The van der Waals surface area contributed by atoms with Gasteiger partial charge in [0, 0.05) is 30.9 Å². The number of hydrogen-bond donors (Lipinski definition) is 2. The number of thiophene rings is 1. The predicted octanol–water partition coefficient (Wildman–Crippen LogP) is 3.34. The Labute approximate surface area is 159 Å². The molecule has 1 aromatic heterocycles. The summed E-state index contributed by atoms with van der Waals surface area (Å²) in [5, 5.41) is 9.08. The van der Waals surface area contributed by atoms with E-state index in [2.05, 4.69) is 16.0 Å². The van der Waals surface area contributed by atoms with E-state index in [-0.39, 0.29) is 16.1 Å². The Kier molecular flexibility index (Phi) is 5.90. The number of carbonyl (C=O) groups excluding carboxylic acids is 2. The van der Waals surface area contributed by atoms with Crippen LogP contribution >= 0.6 is 22.9 Å². The summed E-state index contributed by atoms with van der Waals surface area (Å²) in [7, 11) is 0. The molecule has 5 nitrogen and oxygen atoms in total. The van der Waals surface area contributed by atoms with Crippen LogP contribution in [-0.4, -0.2) is 31.6 Å². The molecule has 2 heterocycles. The number of ether oxygens (including phenoxy) is 1. The Hall–Kier alpha value is -1.96. The van der Waals surface area contributed by atoms with Gasteiger partial charge in [-0.05, 0) is 53.4 Å². The smallest absolute Gasteiger partial charge is 0.313 e. The predicted molar refractivity (Wildman–Crippen MR) is 99.1 cm³/mol. The fourth-order valence-corrected chi connectivity index (χ4v) is 3.95. The molecule has 0 unspecified atom stereocenters. The lowest BCUT2D eigenvalue weighted by atomic mass is 9.75. The molecule has 0 atom stereocenters. The zero-order valence-corrected chi connectivity index (χ0v) is 15.5. The largest absolute Gasteiger partial charge is 0.381 e. The molecule has 1 aliphatic heterocycles. The van der Waals surface area contributed by atoms with Gasteiger partial charge in [-0.2, -0.15) is 11.3 Å². The summed E-state index contributed by atoms with van der Waals surface area (Å²) in [6.45, 7) is 1.58. The highest BCUT2D eigenvalue weighted by molar-refractivity contribution is 7.08. The summed E-state index contributed by atoms with van der Waals surface area (Å²) in [4.78, 5) is 24.3. The molecule has 2 N–H and O–H groups in total. The van der Waals surface area contributed by atoms with Gasteiger partial charge in [0.2, 0.25) is 0 Å². The molecule has 3 rings (SSSR count). The second-order valence-electron chi connectivity index (χ2n) is 6.17. The Morgan fingerprint density at radius 2 is 2.00 bits per heavy atom. The highest BCUT2D eigenvalue weighted by Gasteiger charge is 2.35. The van der Waals surface area contributed by atoms with E-state index >= 15 is 0 Å². The minimum atomic E-state index is -0.819. The molecule has 0 aliphatic carbocycles. The summed E-state index contributed by atoms with van der Waals surface area (Å²) in [6, 6.07) is 5.78. The molecule has 0 saturated carbocycles. The van der Waals surface area contributed by atoms with Gasteiger partial charge < -0.3 is 15.4 Å². The number of carbonyl (C=O) groups is 2. The van der Waals surface area contributed by atoms with Crippen molar-refractivity contribution in [3.8, 4) is 0 Å². The summed E-state index contributed by atoms with van der Waals surface area (Å²) < 4.78 is 18.6. The van der Waals surface area contributed by atoms with Crippen LogP contribution in [0.1, 0.15) is 18.4 Å². The van der Waals surface area contributed by atoms with E-state index in [4.69, 9.17) is 16.3 Å². The van der Waals surface area contributed by atoms with Gasteiger partial charge in [0.15, 0.2) is 0 Å². The van der Waals surface area contributed by atoms with Crippen LogP contribution in [0.4, 0.5) is 10.1 Å². The maximum atomic E-state index is 13.2. The second-order valence-corrected chi connectivity index (χ2v) is 7.36. The molecule has 1 aromatic carbocycles. The molecule has 1 aliphatic rings. The zero-order valence-electron chi connectivity index (χ0n) is 13.9. The van der Waals surface area contributed by atoms with Gasteiger partial charge in [-0.3, -0.25) is 9.59 Å². The van der Waals surface area contributed by atoms with Crippen LogP contribution < -0.4 is 10.6 Å². The minimum Gasteiger partial charge on any atom is -0.381 e. The lowest BCUT2D eigenvalue weighted by Crippen LogP contribution is -2.47. The van der Waals surface area contributed by atoms with Gasteiger partial charge in [-0.1, -0.05) is 11.6 Å². The molecule has 1 fully saturated rings. The summed E-state index contributed by atoms with van der Waals surface area (Å²) in [6.07, 6.45) is 1.55. The van der Waals surface area contributed by atoms with E-state index in [1.54, 1.807) is 11.3 Å². The van der Waals surface area contributed by atoms with Gasteiger partial charge in [0.25, 0.3) is 0 Å². The first-order valence-electron chi connectivity index (χ1n) is 8.15. The van der Waals surface area contributed by atoms with Crippen LogP contribution in [0.3, 0.4) is 0 Å². The molecular formula is C18H18ClFN2O3S. The summed E-state index contributed by atoms with van der Waals surface area (Å²) in [5.41, 5.74) is 1.18. The van der Waals surface area contributed by atoms with Crippen molar-refractivity contribution in [3.63, 3.8) is 0 Å². The zero-order chi connectivity index (χ0) is 18.6. The minimum absolute atomic E-state index is 0.123. The van der Waals surface area contributed by atoms with Crippen molar-refractivity contribution >= 4 is 40.4 Å². The third-order valence-electron chi connectivity index (χ3n) is 4.55. The highest BCUT2D eigenvalue weighted by Crippen LogP contribution is 2.35. The van der Waals surface area contributed by atoms with Crippen molar-refractivity contribution in [2.24, 2.45) is 0 Å². The second kappa shape index (κ2) is 8.16. The number of anilines is 1. The Balaban J connectivity index is 1.63. The molecule has 26 heavy (non-hydrogen) atoms. The quantitative estimate of drug-likeness (QED) is 0.779. The lowest BCUT2D eigenvalue weighted by molar-refractivity contribution is -0.136. The summed E-state index contributed by atoms with van der Waals surface area (Å²) in [5.74, 6) is -2.15.